The first-order chi connectivity index (χ1) is 17.3. The Labute approximate surface area is 224 Å². The average molecular weight is 628 g/mol. The lowest BCUT2D eigenvalue weighted by molar-refractivity contribution is -0.149. The minimum absolute atomic E-state index is 0.0160. The van der Waals surface area contributed by atoms with Crippen molar-refractivity contribution in [3.05, 3.63) is 69.5 Å². The van der Waals surface area contributed by atoms with Crippen molar-refractivity contribution in [2.24, 2.45) is 0 Å². The summed E-state index contributed by atoms with van der Waals surface area (Å²) in [5.41, 5.74) is 1.05. The number of carbonyl (C=O) groups is 1. The molecule has 0 bridgehead atoms. The lowest BCUT2D eigenvalue weighted by Gasteiger charge is -2.30. The lowest BCUT2D eigenvalue weighted by Crippen LogP contribution is -2.37. The summed E-state index contributed by atoms with van der Waals surface area (Å²) < 4.78 is 45.4. The molecule has 4 rings (SSSR count). The molecule has 9 nitrogen and oxygen atoms in total. The van der Waals surface area contributed by atoms with Gasteiger partial charge < -0.3 is 24.2 Å². The van der Waals surface area contributed by atoms with E-state index >= 15 is 0 Å². The maximum Gasteiger partial charge on any atom is 0.288 e. The third-order valence-electron chi connectivity index (χ3n) is 5.99. The van der Waals surface area contributed by atoms with Gasteiger partial charge in [-0.1, -0.05) is 12.1 Å². The maximum absolute atomic E-state index is 13.1. The normalized spacial score (nSPS) is 19.6. The van der Waals surface area contributed by atoms with Gasteiger partial charge in [0.25, 0.3) is 5.91 Å². The number of aliphatic hydroxyl groups excluding tert-OH is 1. The van der Waals surface area contributed by atoms with Crippen molar-refractivity contribution < 1.29 is 32.5 Å². The molecule has 0 aliphatic carbocycles. The van der Waals surface area contributed by atoms with Gasteiger partial charge in [-0.2, -0.15) is 4.31 Å². The van der Waals surface area contributed by atoms with Crippen molar-refractivity contribution in [2.75, 3.05) is 46.5 Å². The van der Waals surface area contributed by atoms with Crippen molar-refractivity contribution >= 4 is 38.5 Å². The molecule has 2 aromatic carbocycles. The summed E-state index contributed by atoms with van der Waals surface area (Å²) in [5, 5.41) is 9.47. The van der Waals surface area contributed by atoms with E-state index in [-0.39, 0.29) is 48.8 Å². The molecule has 2 atom stereocenters. The Morgan fingerprint density at radius 2 is 1.83 bits per heavy atom. The van der Waals surface area contributed by atoms with E-state index in [0.29, 0.717) is 25.3 Å². The SMILES string of the molecule is COc1ccc(S(=O)(=O)N(CCO)CCO[C@H]2C[C@@H](c3ccc(I)cc3)C=C(C(=O)N3CC3)O2)cc1. The van der Waals surface area contributed by atoms with E-state index in [0.717, 1.165) is 9.13 Å². The fourth-order valence-electron chi connectivity index (χ4n) is 3.91. The third-order valence-corrected chi connectivity index (χ3v) is 8.62. The van der Waals surface area contributed by atoms with Crippen LogP contribution in [0.15, 0.2) is 65.3 Å². The van der Waals surface area contributed by atoms with E-state index in [4.69, 9.17) is 14.2 Å². The van der Waals surface area contributed by atoms with Gasteiger partial charge in [-0.05, 0) is 70.6 Å². The number of ether oxygens (including phenoxy) is 3. The summed E-state index contributed by atoms with van der Waals surface area (Å²) in [6.07, 6.45) is 1.62. The van der Waals surface area contributed by atoms with Crippen LogP contribution in [0.4, 0.5) is 0 Å². The largest absolute Gasteiger partial charge is 0.497 e. The van der Waals surface area contributed by atoms with Crippen LogP contribution in [0.3, 0.4) is 0 Å². The topological polar surface area (TPSA) is 105 Å². The van der Waals surface area contributed by atoms with Crippen LogP contribution in [0, 0.1) is 3.57 Å². The van der Waals surface area contributed by atoms with Gasteiger partial charge in [-0.3, -0.25) is 4.79 Å². The molecule has 0 unspecified atom stereocenters. The Balaban J connectivity index is 1.43. The molecule has 1 fully saturated rings. The molecule has 1 amide bonds. The van der Waals surface area contributed by atoms with E-state index in [1.165, 1.54) is 23.5 Å². The standard InChI is InChI=1S/C25H29IN2O7S/c1-33-21-6-8-22(9-7-21)36(31,32)28(12-14-29)13-15-34-24-17-19(18-2-4-20(26)5-3-18)16-23(35-24)25(30)27-10-11-27/h2-9,16,19,24,29H,10-15,17H2,1H3/t19-,24+/m0/s1. The predicted octanol–water partition coefficient (Wildman–Crippen LogP) is 2.56. The molecular weight excluding hydrogens is 599 g/mol. The monoisotopic (exact) mass is 628 g/mol. The summed E-state index contributed by atoms with van der Waals surface area (Å²) in [7, 11) is -2.35. The van der Waals surface area contributed by atoms with Gasteiger partial charge in [0.2, 0.25) is 16.3 Å². The molecule has 0 radical (unpaired) electrons. The molecule has 1 N–H and O–H groups in total. The first kappa shape index (κ1) is 26.9. The van der Waals surface area contributed by atoms with E-state index in [1.807, 2.05) is 30.3 Å². The zero-order chi connectivity index (χ0) is 25.7. The van der Waals surface area contributed by atoms with Crippen LogP contribution < -0.4 is 4.74 Å². The van der Waals surface area contributed by atoms with Gasteiger partial charge in [-0.15, -0.1) is 0 Å². The van der Waals surface area contributed by atoms with Gasteiger partial charge >= 0.3 is 0 Å². The number of halogens is 1. The average Bonchev–Trinajstić information content (AvgIpc) is 3.73. The number of hydrogen-bond acceptors (Lipinski definition) is 7. The minimum Gasteiger partial charge on any atom is -0.497 e. The molecule has 0 saturated carbocycles. The zero-order valence-corrected chi connectivity index (χ0v) is 22.9. The number of methoxy groups -OCH3 is 1. The lowest BCUT2D eigenvalue weighted by atomic mass is 9.93. The number of amides is 1. The Hall–Kier alpha value is -2.19. The molecule has 194 valence electrons. The van der Waals surface area contributed by atoms with Crippen molar-refractivity contribution in [1.29, 1.82) is 0 Å². The first-order valence-corrected chi connectivity index (χ1v) is 14.1. The number of rotatable bonds is 11. The van der Waals surface area contributed by atoms with E-state index in [9.17, 15) is 18.3 Å². The highest BCUT2D eigenvalue weighted by Crippen LogP contribution is 2.33. The fourth-order valence-corrected chi connectivity index (χ4v) is 5.68. The van der Waals surface area contributed by atoms with Crippen LogP contribution in [-0.4, -0.2) is 81.4 Å². The van der Waals surface area contributed by atoms with Crippen molar-refractivity contribution in [2.45, 2.75) is 23.5 Å². The zero-order valence-electron chi connectivity index (χ0n) is 19.9. The number of allylic oxidation sites excluding steroid dienone is 1. The Morgan fingerprint density at radius 3 is 2.44 bits per heavy atom. The molecule has 1 saturated heterocycles. The highest BCUT2D eigenvalue weighted by molar-refractivity contribution is 14.1. The fraction of sp³-hybridized carbons (Fsp3) is 0.400. The van der Waals surface area contributed by atoms with Gasteiger partial charge in [0.1, 0.15) is 5.75 Å². The summed E-state index contributed by atoms with van der Waals surface area (Å²) in [5.74, 6) is 0.563. The van der Waals surface area contributed by atoms with Crippen LogP contribution >= 0.6 is 22.6 Å². The third kappa shape index (κ3) is 6.57. The van der Waals surface area contributed by atoms with Crippen LogP contribution in [0.25, 0.3) is 0 Å². The number of carbonyl (C=O) groups excluding carboxylic acids is 1. The molecule has 2 aromatic rings. The summed E-state index contributed by atoms with van der Waals surface area (Å²) >= 11 is 2.24. The molecular formula is C25H29IN2O7S. The minimum atomic E-state index is -3.85. The van der Waals surface area contributed by atoms with E-state index in [1.54, 1.807) is 17.0 Å². The Kier molecular flexibility index (Phi) is 8.88. The first-order valence-electron chi connectivity index (χ1n) is 11.6. The van der Waals surface area contributed by atoms with E-state index in [2.05, 4.69) is 22.6 Å². The number of hydrogen-bond donors (Lipinski definition) is 1. The number of benzene rings is 2. The molecule has 2 aliphatic rings. The van der Waals surface area contributed by atoms with Crippen molar-refractivity contribution in [1.82, 2.24) is 9.21 Å². The molecule has 2 aliphatic heterocycles. The van der Waals surface area contributed by atoms with Crippen LogP contribution in [0.5, 0.6) is 5.75 Å². The molecule has 11 heteroatoms. The van der Waals surface area contributed by atoms with Gasteiger partial charge in [0, 0.05) is 42.1 Å². The van der Waals surface area contributed by atoms with E-state index < -0.39 is 16.3 Å². The van der Waals surface area contributed by atoms with Crippen LogP contribution in [-0.2, 0) is 24.3 Å². The Morgan fingerprint density at radius 1 is 1.14 bits per heavy atom. The Bertz CT molecular complexity index is 1180. The highest BCUT2D eigenvalue weighted by Gasteiger charge is 2.34. The molecule has 36 heavy (non-hydrogen) atoms. The quantitative estimate of drug-likeness (QED) is 0.302. The second-order valence-electron chi connectivity index (χ2n) is 8.44. The van der Waals surface area contributed by atoms with Gasteiger partial charge in [0.05, 0.1) is 25.2 Å². The smallest absolute Gasteiger partial charge is 0.288 e. The van der Waals surface area contributed by atoms with Crippen molar-refractivity contribution in [3.8, 4) is 5.75 Å². The maximum atomic E-state index is 13.1. The second-order valence-corrected chi connectivity index (χ2v) is 11.6. The molecule has 0 spiro atoms. The second kappa shape index (κ2) is 11.9. The van der Waals surface area contributed by atoms with Crippen molar-refractivity contribution in [3.63, 3.8) is 0 Å². The molecule has 0 aromatic heterocycles. The van der Waals surface area contributed by atoms with Gasteiger partial charge in [0.15, 0.2) is 5.76 Å². The summed E-state index contributed by atoms with van der Waals surface area (Å²) in [6.45, 7) is 1.05. The number of aliphatic hydroxyl groups is 1. The summed E-state index contributed by atoms with van der Waals surface area (Å²) in [6, 6.07) is 14.1. The predicted molar refractivity (Wildman–Crippen MR) is 141 cm³/mol. The van der Waals surface area contributed by atoms with Crippen LogP contribution in [0.1, 0.15) is 17.9 Å². The molecule has 2 heterocycles. The van der Waals surface area contributed by atoms with Crippen LogP contribution in [0.2, 0.25) is 0 Å². The highest BCUT2D eigenvalue weighted by atomic mass is 127. The van der Waals surface area contributed by atoms with Gasteiger partial charge in [-0.25, -0.2) is 8.42 Å². The number of sulfonamides is 1. The number of nitrogens with zero attached hydrogens (tertiary/aromatic N) is 2. The summed E-state index contributed by atoms with van der Waals surface area (Å²) in [4.78, 5) is 14.5.